The summed E-state index contributed by atoms with van der Waals surface area (Å²) in [4.78, 5) is 30.4. The largest absolute Gasteiger partial charge is 0.339 e. The maximum atomic E-state index is 13.1. The maximum Gasteiger partial charge on any atom is 0.253 e. The Bertz CT molecular complexity index is 898. The summed E-state index contributed by atoms with van der Waals surface area (Å²) in [6, 6.07) is 11.3. The molecule has 0 unspecified atom stereocenters. The molecule has 2 aliphatic rings. The molecule has 2 amide bonds. The number of nitrogens with zero attached hydrogens (tertiary/aromatic N) is 2. The molecule has 7 heteroatoms. The van der Waals surface area contributed by atoms with Crippen molar-refractivity contribution in [3.63, 3.8) is 0 Å². The topological polar surface area (TPSA) is 40.6 Å². The lowest BCUT2D eigenvalue weighted by Crippen LogP contribution is -2.45. The van der Waals surface area contributed by atoms with Gasteiger partial charge in [-0.2, -0.15) is 0 Å². The quantitative estimate of drug-likeness (QED) is 0.722. The van der Waals surface area contributed by atoms with Crippen molar-refractivity contribution in [3.05, 3.63) is 58.9 Å². The molecule has 0 N–H and O–H groups in total. The first kappa shape index (κ1) is 19.3. The van der Waals surface area contributed by atoms with Gasteiger partial charge in [0, 0.05) is 46.8 Å². The van der Waals surface area contributed by atoms with Crippen molar-refractivity contribution in [1.82, 2.24) is 4.90 Å². The van der Waals surface area contributed by atoms with Gasteiger partial charge in [-0.15, -0.1) is 11.8 Å². The summed E-state index contributed by atoms with van der Waals surface area (Å²) in [5.74, 6) is 0.394. The van der Waals surface area contributed by atoms with Gasteiger partial charge in [-0.25, -0.2) is 4.39 Å². The molecular weight excluding hydrogens is 399 g/mol. The molecular formula is C21H20ClFN2O2S. The Morgan fingerprint density at radius 1 is 1.04 bits per heavy atom. The van der Waals surface area contributed by atoms with Crippen molar-refractivity contribution in [2.24, 2.45) is 5.92 Å². The third-order valence-corrected chi connectivity index (χ3v) is 6.55. The smallest absolute Gasteiger partial charge is 0.253 e. The average molecular weight is 419 g/mol. The summed E-state index contributed by atoms with van der Waals surface area (Å²) in [5.41, 5.74) is 1.36. The number of carbonyl (C=O) groups is 2. The van der Waals surface area contributed by atoms with Crippen LogP contribution in [0.3, 0.4) is 0 Å². The van der Waals surface area contributed by atoms with Crippen LogP contribution in [0, 0.1) is 11.7 Å². The first-order valence-electron chi connectivity index (χ1n) is 9.31. The van der Waals surface area contributed by atoms with Crippen LogP contribution in [-0.2, 0) is 4.79 Å². The Morgan fingerprint density at radius 3 is 2.46 bits per heavy atom. The van der Waals surface area contributed by atoms with E-state index < -0.39 is 0 Å². The predicted molar refractivity (Wildman–Crippen MR) is 110 cm³/mol. The second-order valence-corrected chi connectivity index (χ2v) is 8.60. The second kappa shape index (κ2) is 8.13. The number of carbonyl (C=O) groups excluding carboxylic acids is 2. The lowest BCUT2D eigenvalue weighted by atomic mass is 9.94. The van der Waals surface area contributed by atoms with Gasteiger partial charge in [-0.1, -0.05) is 11.6 Å². The van der Waals surface area contributed by atoms with Gasteiger partial charge in [0.1, 0.15) is 5.82 Å². The molecule has 0 radical (unpaired) electrons. The summed E-state index contributed by atoms with van der Waals surface area (Å²) in [6.45, 7) is 1.72. The molecule has 146 valence electrons. The van der Waals surface area contributed by atoms with Crippen LogP contribution in [0.4, 0.5) is 10.1 Å². The van der Waals surface area contributed by atoms with Gasteiger partial charge in [0.2, 0.25) is 5.91 Å². The number of thioether (sulfide) groups is 1. The van der Waals surface area contributed by atoms with Crippen molar-refractivity contribution < 1.29 is 14.0 Å². The molecule has 0 aliphatic carbocycles. The molecule has 2 aliphatic heterocycles. The fourth-order valence-electron chi connectivity index (χ4n) is 3.74. The highest BCUT2D eigenvalue weighted by molar-refractivity contribution is 7.99. The van der Waals surface area contributed by atoms with Crippen molar-refractivity contribution >= 4 is 40.9 Å². The van der Waals surface area contributed by atoms with Crippen LogP contribution in [0.5, 0.6) is 0 Å². The van der Waals surface area contributed by atoms with Crippen LogP contribution in [0.25, 0.3) is 0 Å². The van der Waals surface area contributed by atoms with Crippen molar-refractivity contribution in [2.45, 2.75) is 17.7 Å². The van der Waals surface area contributed by atoms with E-state index in [-0.39, 0.29) is 23.5 Å². The number of hydrogen-bond acceptors (Lipinski definition) is 3. The number of amides is 2. The minimum atomic E-state index is -0.360. The molecule has 0 spiro atoms. The Kier molecular flexibility index (Phi) is 5.60. The molecule has 2 heterocycles. The van der Waals surface area contributed by atoms with E-state index in [1.807, 2.05) is 23.1 Å². The van der Waals surface area contributed by atoms with E-state index in [9.17, 15) is 14.0 Å². The highest BCUT2D eigenvalue weighted by atomic mass is 35.5. The number of benzene rings is 2. The van der Waals surface area contributed by atoms with Crippen LogP contribution < -0.4 is 4.90 Å². The zero-order chi connectivity index (χ0) is 19.7. The number of anilines is 1. The number of fused-ring (bicyclic) bond motifs is 1. The van der Waals surface area contributed by atoms with Crippen molar-refractivity contribution in [1.29, 1.82) is 0 Å². The average Bonchev–Trinajstić information content (AvgIpc) is 2.73. The van der Waals surface area contributed by atoms with Crippen LogP contribution in [-0.4, -0.2) is 42.1 Å². The summed E-state index contributed by atoms with van der Waals surface area (Å²) in [7, 11) is 0. The summed E-state index contributed by atoms with van der Waals surface area (Å²) < 4.78 is 13.1. The van der Waals surface area contributed by atoms with Crippen LogP contribution in [0.1, 0.15) is 23.2 Å². The van der Waals surface area contributed by atoms with Gasteiger partial charge < -0.3 is 9.80 Å². The summed E-state index contributed by atoms with van der Waals surface area (Å²) in [6.07, 6.45) is 1.26. The van der Waals surface area contributed by atoms with Gasteiger partial charge in [-0.3, -0.25) is 9.59 Å². The number of piperidine rings is 1. The van der Waals surface area contributed by atoms with E-state index in [1.165, 1.54) is 24.3 Å². The summed E-state index contributed by atoms with van der Waals surface area (Å²) in [5, 5.41) is 0.624. The first-order valence-corrected chi connectivity index (χ1v) is 10.7. The monoisotopic (exact) mass is 418 g/mol. The summed E-state index contributed by atoms with van der Waals surface area (Å²) >= 11 is 7.88. The second-order valence-electron chi connectivity index (χ2n) is 7.02. The fraction of sp³-hybridized carbons (Fsp3) is 0.333. The fourth-order valence-corrected chi connectivity index (χ4v) is 4.89. The predicted octanol–water partition coefficient (Wildman–Crippen LogP) is 4.47. The Labute approximate surface area is 172 Å². The minimum Gasteiger partial charge on any atom is -0.339 e. The highest BCUT2D eigenvalue weighted by Gasteiger charge is 2.33. The van der Waals surface area contributed by atoms with Gasteiger partial charge in [0.05, 0.1) is 5.69 Å². The van der Waals surface area contributed by atoms with E-state index in [2.05, 4.69) is 0 Å². The van der Waals surface area contributed by atoms with Gasteiger partial charge in [0.25, 0.3) is 5.91 Å². The first-order chi connectivity index (χ1) is 13.5. The Morgan fingerprint density at radius 2 is 1.75 bits per heavy atom. The normalized spacial score (nSPS) is 17.4. The molecule has 0 bridgehead atoms. The molecule has 4 rings (SSSR count). The molecule has 2 aromatic carbocycles. The third-order valence-electron chi connectivity index (χ3n) is 5.27. The molecule has 2 aromatic rings. The van der Waals surface area contributed by atoms with Crippen molar-refractivity contribution in [2.75, 3.05) is 30.3 Å². The molecule has 0 aromatic heterocycles. The Hall–Kier alpha value is -2.05. The van der Waals surface area contributed by atoms with Crippen LogP contribution in [0.15, 0.2) is 47.4 Å². The van der Waals surface area contributed by atoms with Crippen molar-refractivity contribution in [3.8, 4) is 0 Å². The molecule has 28 heavy (non-hydrogen) atoms. The lowest BCUT2D eigenvalue weighted by Gasteiger charge is -2.36. The lowest BCUT2D eigenvalue weighted by molar-refractivity contribution is -0.123. The number of likely N-dealkylation sites (tertiary alicyclic amines) is 1. The van der Waals surface area contributed by atoms with E-state index in [0.717, 1.165) is 16.3 Å². The zero-order valence-corrected chi connectivity index (χ0v) is 16.8. The molecule has 4 nitrogen and oxygen atoms in total. The third kappa shape index (κ3) is 3.89. The molecule has 1 fully saturated rings. The van der Waals surface area contributed by atoms with Gasteiger partial charge >= 0.3 is 0 Å². The Balaban J connectivity index is 1.42. The molecule has 0 atom stereocenters. The van der Waals surface area contributed by atoms with E-state index in [1.54, 1.807) is 16.7 Å². The minimum absolute atomic E-state index is 0.104. The maximum absolute atomic E-state index is 13.1. The zero-order valence-electron chi connectivity index (χ0n) is 15.2. The standard InChI is InChI=1S/C21H20ClFN2O2S/c22-16-3-6-19-18(13-16)25(11-12-28-19)21(27)15-7-9-24(10-8-15)20(26)14-1-4-17(23)5-2-14/h1-6,13,15H,7-12H2. The molecule has 0 saturated carbocycles. The number of halogens is 2. The number of hydrogen-bond donors (Lipinski definition) is 0. The SMILES string of the molecule is O=C(c1ccc(F)cc1)N1CCC(C(=O)N2CCSc3ccc(Cl)cc32)CC1. The van der Waals surface area contributed by atoms with Gasteiger partial charge in [0.15, 0.2) is 0 Å². The van der Waals surface area contributed by atoms with Crippen LogP contribution in [0.2, 0.25) is 5.02 Å². The van der Waals surface area contributed by atoms with E-state index in [0.29, 0.717) is 43.1 Å². The highest BCUT2D eigenvalue weighted by Crippen LogP contribution is 2.38. The molecule has 1 saturated heterocycles. The van der Waals surface area contributed by atoms with E-state index in [4.69, 9.17) is 11.6 Å². The van der Waals surface area contributed by atoms with Crippen LogP contribution >= 0.6 is 23.4 Å². The number of rotatable bonds is 2. The van der Waals surface area contributed by atoms with E-state index >= 15 is 0 Å². The van der Waals surface area contributed by atoms with Gasteiger partial charge in [-0.05, 0) is 55.3 Å².